The van der Waals surface area contributed by atoms with Gasteiger partial charge in [0, 0.05) is 23.3 Å². The maximum atomic E-state index is 10.6. The normalized spacial score (nSPS) is 12.3. The molecule has 1 aromatic rings. The van der Waals surface area contributed by atoms with Crippen LogP contribution in [0, 0.1) is 0 Å². The van der Waals surface area contributed by atoms with Crippen molar-refractivity contribution in [3.05, 3.63) is 11.1 Å². The second kappa shape index (κ2) is 7.42. The predicted octanol–water partition coefficient (Wildman–Crippen LogP) is -0.182. The van der Waals surface area contributed by atoms with E-state index in [2.05, 4.69) is 14.7 Å². The fourth-order valence-electron chi connectivity index (χ4n) is 1.10. The SMILES string of the molecule is NC(=O)Nc1nc(CSCCC(N)=NS(N)(=O)=O)cs1. The standard InChI is InChI=1S/C8H14N6O3S3/c9-6(14-20(11,16)17)1-2-18-3-5-4-19-8(12-5)13-7(10)15/h4H,1-3H2,(H2,9,14)(H2,11,16,17)(H3,10,12,13,15). The van der Waals surface area contributed by atoms with Gasteiger partial charge in [-0.05, 0) is 0 Å². The number of primary amides is 1. The van der Waals surface area contributed by atoms with E-state index in [1.54, 1.807) is 5.38 Å². The van der Waals surface area contributed by atoms with Gasteiger partial charge in [-0.1, -0.05) is 0 Å². The number of aromatic nitrogens is 1. The molecule has 0 aliphatic carbocycles. The molecule has 0 bridgehead atoms. The van der Waals surface area contributed by atoms with Crippen LogP contribution >= 0.6 is 23.1 Å². The molecule has 0 unspecified atom stereocenters. The summed E-state index contributed by atoms with van der Waals surface area (Å²) in [6.07, 6.45) is 0.303. The van der Waals surface area contributed by atoms with Crippen LogP contribution in [0.4, 0.5) is 9.93 Å². The van der Waals surface area contributed by atoms with Crippen LogP contribution < -0.4 is 21.9 Å². The van der Waals surface area contributed by atoms with Gasteiger partial charge in [-0.15, -0.1) is 15.7 Å². The van der Waals surface area contributed by atoms with Crippen molar-refractivity contribution in [2.45, 2.75) is 12.2 Å². The minimum atomic E-state index is -3.93. The van der Waals surface area contributed by atoms with E-state index in [4.69, 9.17) is 16.6 Å². The molecule has 0 saturated carbocycles. The third kappa shape index (κ3) is 7.28. The summed E-state index contributed by atoms with van der Waals surface area (Å²) in [6, 6.07) is -0.662. The molecule has 20 heavy (non-hydrogen) atoms. The summed E-state index contributed by atoms with van der Waals surface area (Å²) in [6.45, 7) is 0. The summed E-state index contributed by atoms with van der Waals surface area (Å²) in [5.74, 6) is 1.13. The van der Waals surface area contributed by atoms with Crippen LogP contribution in [0.3, 0.4) is 0 Å². The number of urea groups is 1. The third-order valence-corrected chi connectivity index (χ3v) is 4.07. The van der Waals surface area contributed by atoms with Gasteiger partial charge < -0.3 is 11.5 Å². The largest absolute Gasteiger partial charge is 0.386 e. The van der Waals surface area contributed by atoms with Crippen LogP contribution in [0.25, 0.3) is 0 Å². The second-order valence-electron chi connectivity index (χ2n) is 3.53. The molecule has 112 valence electrons. The fourth-order valence-corrected chi connectivity index (χ4v) is 3.19. The Kier molecular flexibility index (Phi) is 6.19. The molecule has 0 saturated heterocycles. The first-order valence-corrected chi connectivity index (χ1v) is 8.75. The minimum Gasteiger partial charge on any atom is -0.386 e. The molecule has 0 fully saturated rings. The molecule has 1 aromatic heterocycles. The van der Waals surface area contributed by atoms with Crippen molar-refractivity contribution in [2.75, 3.05) is 11.1 Å². The van der Waals surface area contributed by atoms with Crippen molar-refractivity contribution >= 4 is 50.3 Å². The number of rotatable bonds is 7. The van der Waals surface area contributed by atoms with E-state index in [-0.39, 0.29) is 5.84 Å². The van der Waals surface area contributed by atoms with Crippen LogP contribution in [-0.4, -0.2) is 31.0 Å². The number of thioether (sulfide) groups is 1. The number of anilines is 1. The van der Waals surface area contributed by atoms with E-state index in [1.807, 2.05) is 0 Å². The summed E-state index contributed by atoms with van der Waals surface area (Å²) in [4.78, 5) is 14.7. The van der Waals surface area contributed by atoms with E-state index in [1.165, 1.54) is 23.1 Å². The molecule has 0 aliphatic heterocycles. The molecule has 1 heterocycles. The molecule has 9 nitrogen and oxygen atoms in total. The Hall–Kier alpha value is -1.37. The molecule has 0 aliphatic rings. The first kappa shape index (κ1) is 16.7. The lowest BCUT2D eigenvalue weighted by Crippen LogP contribution is -2.19. The zero-order valence-corrected chi connectivity index (χ0v) is 12.7. The Morgan fingerprint density at radius 2 is 2.20 bits per heavy atom. The highest BCUT2D eigenvalue weighted by molar-refractivity contribution is 7.98. The van der Waals surface area contributed by atoms with E-state index in [0.29, 0.717) is 23.1 Å². The Balaban J connectivity index is 2.33. The highest BCUT2D eigenvalue weighted by Crippen LogP contribution is 2.19. The predicted molar refractivity (Wildman–Crippen MR) is 80.8 cm³/mol. The highest BCUT2D eigenvalue weighted by atomic mass is 32.2. The van der Waals surface area contributed by atoms with E-state index >= 15 is 0 Å². The molecule has 7 N–H and O–H groups in total. The fraction of sp³-hybridized carbons (Fsp3) is 0.375. The smallest absolute Gasteiger partial charge is 0.318 e. The summed E-state index contributed by atoms with van der Waals surface area (Å²) < 4.78 is 24.4. The summed E-state index contributed by atoms with van der Waals surface area (Å²) in [7, 11) is -3.93. The summed E-state index contributed by atoms with van der Waals surface area (Å²) in [5.41, 5.74) is 11.1. The van der Waals surface area contributed by atoms with Crippen LogP contribution in [0.2, 0.25) is 0 Å². The number of nitrogens with two attached hydrogens (primary N) is 3. The number of carbonyl (C=O) groups excluding carboxylic acids is 1. The molecule has 12 heteroatoms. The van der Waals surface area contributed by atoms with Gasteiger partial charge in [-0.2, -0.15) is 20.2 Å². The Morgan fingerprint density at radius 3 is 2.80 bits per heavy atom. The molecule has 0 spiro atoms. The molecule has 0 radical (unpaired) electrons. The van der Waals surface area contributed by atoms with Crippen LogP contribution in [0.5, 0.6) is 0 Å². The molecule has 2 amide bonds. The average Bonchev–Trinajstić information content (AvgIpc) is 2.68. The van der Waals surface area contributed by atoms with Gasteiger partial charge in [0.2, 0.25) is 0 Å². The summed E-state index contributed by atoms with van der Waals surface area (Å²) >= 11 is 2.77. The van der Waals surface area contributed by atoms with Crippen molar-refractivity contribution in [2.24, 2.45) is 21.0 Å². The maximum Gasteiger partial charge on any atom is 0.318 e. The number of carbonyl (C=O) groups is 1. The maximum absolute atomic E-state index is 10.6. The van der Waals surface area contributed by atoms with Crippen molar-refractivity contribution in [3.63, 3.8) is 0 Å². The monoisotopic (exact) mass is 338 g/mol. The van der Waals surface area contributed by atoms with Crippen LogP contribution in [-0.2, 0) is 16.0 Å². The first-order chi connectivity index (χ1) is 9.26. The minimum absolute atomic E-state index is 0.0330. The van der Waals surface area contributed by atoms with Gasteiger partial charge in [-0.3, -0.25) is 5.32 Å². The quantitative estimate of drug-likeness (QED) is 0.305. The van der Waals surface area contributed by atoms with Crippen molar-refractivity contribution in [1.82, 2.24) is 4.98 Å². The zero-order chi connectivity index (χ0) is 15.2. The van der Waals surface area contributed by atoms with Crippen molar-refractivity contribution in [1.29, 1.82) is 0 Å². The van der Waals surface area contributed by atoms with Gasteiger partial charge in [0.15, 0.2) is 5.13 Å². The number of nitrogens with one attached hydrogen (secondary N) is 1. The number of thiazole rings is 1. The Morgan fingerprint density at radius 1 is 1.50 bits per heavy atom. The third-order valence-electron chi connectivity index (χ3n) is 1.78. The van der Waals surface area contributed by atoms with Crippen molar-refractivity contribution < 1.29 is 13.2 Å². The average molecular weight is 338 g/mol. The Bertz CT molecular complexity index is 596. The molecular formula is C8H14N6O3S3. The molecule has 0 atom stereocenters. The number of nitrogens with zero attached hydrogens (tertiary/aromatic N) is 2. The van der Waals surface area contributed by atoms with Crippen LogP contribution in [0.15, 0.2) is 9.78 Å². The topological polar surface area (TPSA) is 167 Å². The lowest BCUT2D eigenvalue weighted by atomic mass is 10.5. The van der Waals surface area contributed by atoms with E-state index in [9.17, 15) is 13.2 Å². The Labute approximate surface area is 124 Å². The number of amides is 2. The highest BCUT2D eigenvalue weighted by Gasteiger charge is 2.05. The van der Waals surface area contributed by atoms with Crippen LogP contribution in [0.1, 0.15) is 12.1 Å². The first-order valence-electron chi connectivity index (χ1n) is 5.22. The van der Waals surface area contributed by atoms with Crippen molar-refractivity contribution in [3.8, 4) is 0 Å². The lowest BCUT2D eigenvalue weighted by Gasteiger charge is -1.99. The van der Waals surface area contributed by atoms with Gasteiger partial charge in [0.1, 0.15) is 5.84 Å². The zero-order valence-electron chi connectivity index (χ0n) is 10.3. The van der Waals surface area contributed by atoms with Gasteiger partial charge >= 0.3 is 16.2 Å². The molecular weight excluding hydrogens is 324 g/mol. The second-order valence-corrected chi connectivity index (χ2v) is 6.71. The van der Waals surface area contributed by atoms with Gasteiger partial charge in [0.25, 0.3) is 0 Å². The number of hydrogen-bond acceptors (Lipinski definition) is 6. The molecule has 0 aromatic carbocycles. The number of hydrogen-bond donors (Lipinski definition) is 4. The van der Waals surface area contributed by atoms with Gasteiger partial charge in [0.05, 0.1) is 5.69 Å². The van der Waals surface area contributed by atoms with E-state index < -0.39 is 16.2 Å². The lowest BCUT2D eigenvalue weighted by molar-refractivity contribution is 0.259. The van der Waals surface area contributed by atoms with Gasteiger partial charge in [-0.25, -0.2) is 14.9 Å². The summed E-state index contributed by atoms with van der Waals surface area (Å²) in [5, 5.41) is 9.32. The van der Waals surface area contributed by atoms with E-state index in [0.717, 1.165) is 5.69 Å². The number of amidine groups is 1. The molecule has 1 rings (SSSR count).